The highest BCUT2D eigenvalue weighted by atomic mass is 16.3. The van der Waals surface area contributed by atoms with Crippen molar-refractivity contribution in [3.8, 4) is 12.3 Å². The third-order valence-electron chi connectivity index (χ3n) is 1.70. The van der Waals surface area contributed by atoms with Gasteiger partial charge in [-0.15, -0.1) is 12.3 Å². The number of hydrogen-bond donors (Lipinski definition) is 1. The third-order valence-corrected chi connectivity index (χ3v) is 1.70. The molecule has 0 saturated carbocycles. The van der Waals surface area contributed by atoms with Gasteiger partial charge in [0.2, 0.25) is 5.91 Å². The lowest BCUT2D eigenvalue weighted by molar-refractivity contribution is -0.141. The molecule has 0 aromatic carbocycles. The number of likely N-dealkylation sites (tertiary alicyclic amines) is 1. The molecule has 1 rings (SSSR count). The number of aliphatic hydroxyl groups excluding tert-OH is 1. The van der Waals surface area contributed by atoms with Gasteiger partial charge in [0.15, 0.2) is 0 Å². The van der Waals surface area contributed by atoms with Crippen molar-refractivity contribution in [1.29, 1.82) is 0 Å². The number of carbonyl (C=O) groups is 1. The maximum Gasteiger partial charge on any atom is 0.223 e. The van der Waals surface area contributed by atoms with Gasteiger partial charge in [0.25, 0.3) is 0 Å². The molecule has 60 valence electrons. The number of β-amino-alcohol motifs (C(OH)–C–C–N with tert-alkyl or cyclic N) is 1. The number of nitrogens with zero attached hydrogens (tertiary/aromatic N) is 1. The normalized spacial score (nSPS) is 17.3. The smallest absolute Gasteiger partial charge is 0.223 e. The Kier molecular flexibility index (Phi) is 2.50. The zero-order valence-electron chi connectivity index (χ0n) is 6.29. The Hall–Kier alpha value is -1.01. The molecule has 0 radical (unpaired) electrons. The van der Waals surface area contributed by atoms with Crippen molar-refractivity contribution in [3.05, 3.63) is 0 Å². The van der Waals surface area contributed by atoms with E-state index in [-0.39, 0.29) is 12.0 Å². The van der Waals surface area contributed by atoms with Crippen molar-refractivity contribution >= 4 is 5.91 Å². The van der Waals surface area contributed by atoms with Gasteiger partial charge in [-0.25, -0.2) is 0 Å². The molecule has 3 heteroatoms. The van der Waals surface area contributed by atoms with Gasteiger partial charge >= 0.3 is 0 Å². The monoisotopic (exact) mass is 153 g/mol. The lowest BCUT2D eigenvalue weighted by Gasteiger charge is -2.35. The zero-order valence-corrected chi connectivity index (χ0v) is 6.29. The number of hydrogen-bond acceptors (Lipinski definition) is 2. The number of rotatable bonds is 2. The fourth-order valence-corrected chi connectivity index (χ4v) is 0.996. The molecule has 1 saturated heterocycles. The Labute approximate surface area is 66.0 Å². The number of carbonyl (C=O) groups excluding carboxylic acids is 1. The van der Waals surface area contributed by atoms with Gasteiger partial charge in [-0.2, -0.15) is 0 Å². The van der Waals surface area contributed by atoms with Crippen LogP contribution >= 0.6 is 0 Å². The first-order valence-corrected chi connectivity index (χ1v) is 3.63. The van der Waals surface area contributed by atoms with Gasteiger partial charge in [0, 0.05) is 25.9 Å². The fourth-order valence-electron chi connectivity index (χ4n) is 0.996. The highest BCUT2D eigenvalue weighted by Crippen LogP contribution is 2.09. The zero-order chi connectivity index (χ0) is 8.27. The molecule has 3 nitrogen and oxygen atoms in total. The van der Waals surface area contributed by atoms with Crippen molar-refractivity contribution in [2.75, 3.05) is 13.1 Å². The summed E-state index contributed by atoms with van der Waals surface area (Å²) in [6, 6.07) is 0. The van der Waals surface area contributed by atoms with Crippen molar-refractivity contribution < 1.29 is 9.90 Å². The average Bonchev–Trinajstić information content (AvgIpc) is 1.94. The van der Waals surface area contributed by atoms with Crippen LogP contribution in [0.3, 0.4) is 0 Å². The molecule has 0 aromatic rings. The van der Waals surface area contributed by atoms with Crippen LogP contribution in [0.15, 0.2) is 0 Å². The van der Waals surface area contributed by atoms with Crippen molar-refractivity contribution in [2.24, 2.45) is 0 Å². The van der Waals surface area contributed by atoms with Crippen LogP contribution in [0.5, 0.6) is 0 Å². The molecule has 11 heavy (non-hydrogen) atoms. The molecule has 0 unspecified atom stereocenters. The molecular formula is C8H11NO2. The third kappa shape index (κ3) is 1.95. The lowest BCUT2D eigenvalue weighted by Crippen LogP contribution is -2.53. The maximum absolute atomic E-state index is 11.0. The summed E-state index contributed by atoms with van der Waals surface area (Å²) in [6.45, 7) is 0.951. The van der Waals surface area contributed by atoms with E-state index in [1.807, 2.05) is 0 Å². The summed E-state index contributed by atoms with van der Waals surface area (Å²) in [7, 11) is 0. The summed E-state index contributed by atoms with van der Waals surface area (Å²) >= 11 is 0. The summed E-state index contributed by atoms with van der Waals surface area (Å²) in [4.78, 5) is 12.7. The van der Waals surface area contributed by atoms with Crippen LogP contribution < -0.4 is 0 Å². The van der Waals surface area contributed by atoms with E-state index in [9.17, 15) is 4.79 Å². The van der Waals surface area contributed by atoms with Crippen LogP contribution in [0.4, 0.5) is 0 Å². The summed E-state index contributed by atoms with van der Waals surface area (Å²) in [5.74, 6) is 2.45. The quantitative estimate of drug-likeness (QED) is 0.548. The van der Waals surface area contributed by atoms with Crippen molar-refractivity contribution in [2.45, 2.75) is 18.9 Å². The maximum atomic E-state index is 11.0. The molecule has 0 atom stereocenters. The Morgan fingerprint density at radius 2 is 2.36 bits per heavy atom. The van der Waals surface area contributed by atoms with E-state index in [2.05, 4.69) is 5.92 Å². The first-order valence-electron chi connectivity index (χ1n) is 3.63. The van der Waals surface area contributed by atoms with Crippen LogP contribution in [0.25, 0.3) is 0 Å². The van der Waals surface area contributed by atoms with E-state index in [4.69, 9.17) is 11.5 Å². The van der Waals surface area contributed by atoms with E-state index in [1.165, 1.54) is 0 Å². The minimum atomic E-state index is -0.315. The van der Waals surface area contributed by atoms with Crippen LogP contribution in [0.2, 0.25) is 0 Å². The number of terminal acetylenes is 1. The second-order valence-electron chi connectivity index (χ2n) is 2.66. The molecule has 1 heterocycles. The van der Waals surface area contributed by atoms with Gasteiger partial charge in [-0.3, -0.25) is 4.79 Å². The van der Waals surface area contributed by atoms with Gasteiger partial charge in [-0.1, -0.05) is 0 Å². The molecular weight excluding hydrogens is 142 g/mol. The van der Waals surface area contributed by atoms with Gasteiger partial charge < -0.3 is 10.0 Å². The average molecular weight is 153 g/mol. The Balaban J connectivity index is 2.17. The molecule has 1 aliphatic heterocycles. The second kappa shape index (κ2) is 3.40. The van der Waals surface area contributed by atoms with E-state index < -0.39 is 0 Å². The molecule has 0 bridgehead atoms. The molecule has 1 amide bonds. The van der Waals surface area contributed by atoms with Crippen LogP contribution in [0.1, 0.15) is 12.8 Å². The van der Waals surface area contributed by atoms with Crippen LogP contribution in [0, 0.1) is 12.3 Å². The minimum absolute atomic E-state index is 0.0493. The molecule has 0 spiro atoms. The predicted molar refractivity (Wildman–Crippen MR) is 40.7 cm³/mol. The molecule has 1 aliphatic rings. The summed E-state index contributed by atoms with van der Waals surface area (Å²) in [6.07, 6.45) is 5.58. The Morgan fingerprint density at radius 1 is 1.73 bits per heavy atom. The van der Waals surface area contributed by atoms with Gasteiger partial charge in [-0.05, 0) is 0 Å². The first-order chi connectivity index (χ1) is 5.24. The lowest BCUT2D eigenvalue weighted by atomic mass is 10.1. The fraction of sp³-hybridized carbons (Fsp3) is 0.625. The highest BCUT2D eigenvalue weighted by Gasteiger charge is 2.27. The molecule has 0 aliphatic carbocycles. The van der Waals surface area contributed by atoms with E-state index in [0.29, 0.717) is 25.9 Å². The Bertz CT molecular complexity index is 189. The van der Waals surface area contributed by atoms with Gasteiger partial charge in [0.05, 0.1) is 6.10 Å². The highest BCUT2D eigenvalue weighted by molar-refractivity contribution is 5.77. The van der Waals surface area contributed by atoms with Crippen molar-refractivity contribution in [3.63, 3.8) is 0 Å². The minimum Gasteiger partial charge on any atom is -0.389 e. The second-order valence-corrected chi connectivity index (χ2v) is 2.66. The largest absolute Gasteiger partial charge is 0.389 e. The SMILES string of the molecule is C#CCCC(=O)N1CC(O)C1. The van der Waals surface area contributed by atoms with Crippen molar-refractivity contribution in [1.82, 2.24) is 4.90 Å². The van der Waals surface area contributed by atoms with Crippen LogP contribution in [-0.2, 0) is 4.79 Å². The Morgan fingerprint density at radius 3 is 2.82 bits per heavy atom. The summed E-state index contributed by atoms with van der Waals surface area (Å²) < 4.78 is 0. The van der Waals surface area contributed by atoms with E-state index >= 15 is 0 Å². The van der Waals surface area contributed by atoms with E-state index in [1.54, 1.807) is 4.90 Å². The van der Waals surface area contributed by atoms with E-state index in [0.717, 1.165) is 0 Å². The number of aliphatic hydroxyl groups is 1. The molecule has 0 aromatic heterocycles. The number of amides is 1. The first kappa shape index (κ1) is 8.09. The summed E-state index contributed by atoms with van der Waals surface area (Å²) in [5, 5.41) is 8.86. The topological polar surface area (TPSA) is 40.5 Å². The van der Waals surface area contributed by atoms with Gasteiger partial charge in [0.1, 0.15) is 0 Å². The molecule has 1 fully saturated rings. The predicted octanol–water partition coefficient (Wildman–Crippen LogP) is -0.397. The standard InChI is InChI=1S/C8H11NO2/c1-2-3-4-8(11)9-5-7(10)6-9/h1,7,10H,3-6H2. The van der Waals surface area contributed by atoms with Crippen LogP contribution in [-0.4, -0.2) is 35.1 Å². The molecule has 1 N–H and O–H groups in total. The summed E-state index contributed by atoms with van der Waals surface area (Å²) in [5.41, 5.74) is 0.